The van der Waals surface area contributed by atoms with Gasteiger partial charge in [-0.25, -0.2) is 58.3 Å². The molecule has 7 aromatic rings. The Labute approximate surface area is 749 Å². The van der Waals surface area contributed by atoms with Crippen LogP contribution in [-0.4, -0.2) is 177 Å². The second-order valence-electron chi connectivity index (χ2n) is 25.9. The molecule has 0 saturated carbocycles. The first-order valence-corrected chi connectivity index (χ1v) is 57.9. The van der Waals surface area contributed by atoms with E-state index in [2.05, 4.69) is 146 Å². The number of halogens is 6. The number of carbonyl (C=O) groups is 8. The molecule has 8 amide bonds. The first-order chi connectivity index (χ1) is 52.7. The van der Waals surface area contributed by atoms with E-state index in [1.807, 2.05) is 139 Å². The van der Waals surface area contributed by atoms with Gasteiger partial charge in [0.2, 0.25) is 12.0 Å². The van der Waals surface area contributed by atoms with E-state index in [0.29, 0.717) is 58.6 Å². The number of nitrogens with one attached hydrogen (secondary N) is 6. The molecule has 39 heteroatoms. The monoisotopic (exact) mass is 2320 g/mol. The third kappa shape index (κ3) is 45.7. The molecule has 0 aliphatic rings. The van der Waals surface area contributed by atoms with E-state index in [1.165, 1.54) is 69.0 Å². The zero-order valence-electron chi connectivity index (χ0n) is 66.1. The number of nitrogens with zero attached hydrogens (tertiary/aromatic N) is 9. The van der Waals surface area contributed by atoms with Gasteiger partial charge < -0.3 is 65.9 Å². The number of aryl methyl sites for hydroxylation is 4. The molecule has 0 bridgehead atoms. The number of esters is 2. The summed E-state index contributed by atoms with van der Waals surface area (Å²) < 4.78 is 14.6. The van der Waals surface area contributed by atoms with Crippen LogP contribution in [0.15, 0.2) is 98.9 Å². The summed E-state index contributed by atoms with van der Waals surface area (Å²) >= 11 is 17.3. The number of aromatic nitrogens is 5. The van der Waals surface area contributed by atoms with E-state index in [1.54, 1.807) is 83.2 Å². The Morgan fingerprint density at radius 3 is 1.25 bits per heavy atom. The molecule has 6 atom stereocenters. The van der Waals surface area contributed by atoms with Crippen molar-refractivity contribution >= 4 is 209 Å². The molecule has 0 aliphatic carbocycles. The van der Waals surface area contributed by atoms with Crippen LogP contribution in [0.1, 0.15) is 127 Å². The molecule has 28 nitrogen and oxygen atoms in total. The number of thiazole rings is 5. The number of hydrogen-bond donors (Lipinski definition) is 7. The number of aliphatic carboxylic acids is 1. The fourth-order valence-corrected chi connectivity index (χ4v) is 12.6. The van der Waals surface area contributed by atoms with Crippen molar-refractivity contribution < 1.29 is 75.7 Å². The molecule has 5 heterocycles. The van der Waals surface area contributed by atoms with E-state index < -0.39 is 54.2 Å². The van der Waals surface area contributed by atoms with Crippen LogP contribution in [0.3, 0.4) is 0 Å². The van der Waals surface area contributed by atoms with Crippen molar-refractivity contribution in [3.05, 3.63) is 153 Å². The summed E-state index contributed by atoms with van der Waals surface area (Å²) in [4.78, 5) is 137. The number of carboxylic acid groups (broad SMARTS) is 1. The van der Waals surface area contributed by atoms with Crippen LogP contribution in [0.5, 0.6) is 0 Å². The predicted octanol–water partition coefficient (Wildman–Crippen LogP) is 12.5. The third-order valence-corrected chi connectivity index (χ3v) is 19.4. The number of hydrogen-bond acceptors (Lipinski definition) is 24. The van der Waals surface area contributed by atoms with Crippen LogP contribution in [-0.2, 0) is 83.8 Å². The van der Waals surface area contributed by atoms with Gasteiger partial charge in [0.05, 0.1) is 87.0 Å². The first-order valence-electron chi connectivity index (χ1n) is 34.7. The first kappa shape index (κ1) is 107. The van der Waals surface area contributed by atoms with Crippen LogP contribution in [0.25, 0.3) is 0 Å². The van der Waals surface area contributed by atoms with Gasteiger partial charge in [0.25, 0.3) is 0 Å². The Kier molecular flexibility index (Phi) is 59.0. The van der Waals surface area contributed by atoms with Crippen LogP contribution < -0.4 is 45.2 Å². The van der Waals surface area contributed by atoms with Crippen molar-refractivity contribution in [2.75, 3.05) is 42.4 Å². The number of urea groups is 3. The van der Waals surface area contributed by atoms with E-state index in [-0.39, 0.29) is 84.3 Å². The minimum atomic E-state index is -1.03. The number of benzene rings is 2. The number of carboxylic acids is 1. The molecule has 7 rings (SSSR count). The summed E-state index contributed by atoms with van der Waals surface area (Å²) in [5.74, 6) is -2.60. The number of ether oxygens (including phenoxy) is 3. The molecule has 7 N–H and O–H groups in total. The number of methoxy groups -OCH3 is 2. The van der Waals surface area contributed by atoms with Crippen molar-refractivity contribution in [2.45, 2.75) is 178 Å². The fraction of sp³-hybridized carbons (Fsp3) is 0.507. The standard InChI is InChI=1S/C35H44N6O4S2.C13H21N3O3S.C12H19N3O3S.C7H11NO3.C6H10N2S.I3.I2.HI/c1-24(2)32(40-34(43)41(4)20-30-22-46-25(3)37-30)33(42)38-28(17-26-11-7-5-8-12-26)15-16-29(18-27-13-9-6-10-14-27)39-35(44)45-21-31-19-36-23-47-31;1-8(2)11(12(17)19-5)15-13(18)16(4)6-10-7-20-9(3)14-10;1-7(2)10(11(16)17)14-12(18)15(4)5-9-6-19-8(3)13-9;1-5(2)6(8-4-9)7(10)11-3;1-5-8-6(3-7-2)4-9-5;1-3-2;1-2;/h5-14,19,22-24,28-29,32H,15-18,20-21H2,1-4H3,(H,38,42)(H,39,44)(H,40,43);7-8,11H,6H2,1-5H3,(H,15,18);6-7,10H,5H2,1-4H3,(H,14,18)(H,16,17);5-6H,1-3H3;4,7H,3H2,1-2H3;;;1H/q;;;;;-1;;/t28-,29-,32+;11-;10-;6-;;;;/m1000..../s1. The van der Waals surface area contributed by atoms with Gasteiger partial charge in [-0.3, -0.25) is 9.78 Å². The van der Waals surface area contributed by atoms with Crippen molar-refractivity contribution in [2.24, 2.45) is 28.7 Å². The van der Waals surface area contributed by atoms with Gasteiger partial charge >= 0.3 is 92.6 Å². The normalized spacial score (nSPS) is 11.9. The van der Waals surface area contributed by atoms with Crippen molar-refractivity contribution in [3.8, 4) is 0 Å². The Bertz CT molecular complexity index is 3860. The zero-order chi connectivity index (χ0) is 83.7. The number of carbonyl (C=O) groups excluding carboxylic acids is 8. The maximum atomic E-state index is 13.8. The van der Waals surface area contributed by atoms with Crippen LogP contribution in [0.4, 0.5) is 19.2 Å². The van der Waals surface area contributed by atoms with Crippen molar-refractivity contribution in [1.82, 2.24) is 71.5 Å². The van der Waals surface area contributed by atoms with Crippen LogP contribution >= 0.6 is 155 Å². The summed E-state index contributed by atoms with van der Waals surface area (Å²) in [7, 11) is 9.47. The molecule has 0 spiro atoms. The van der Waals surface area contributed by atoms with Crippen LogP contribution in [0.2, 0.25) is 0 Å². The van der Waals surface area contributed by atoms with E-state index >= 15 is 0 Å². The molecule has 112 heavy (non-hydrogen) atoms. The molecular formula is C73H106I6N15O13S5-. The van der Waals surface area contributed by atoms with Crippen molar-refractivity contribution in [1.29, 1.82) is 0 Å². The Morgan fingerprint density at radius 2 is 0.929 bits per heavy atom. The van der Waals surface area contributed by atoms with Gasteiger partial charge in [0.1, 0.15) is 24.7 Å². The summed E-state index contributed by atoms with van der Waals surface area (Å²) in [6.45, 7) is 24.5. The summed E-state index contributed by atoms with van der Waals surface area (Å²) in [5.41, 5.74) is 7.46. The summed E-state index contributed by atoms with van der Waals surface area (Å²) in [6.07, 6.45) is 4.92. The molecule has 624 valence electrons. The second kappa shape index (κ2) is 61.6. The number of amides is 8. The Balaban J connectivity index is 0.00000156. The predicted molar refractivity (Wildman–Crippen MR) is 487 cm³/mol. The molecule has 0 fully saturated rings. The Morgan fingerprint density at radius 1 is 0.554 bits per heavy atom. The van der Waals surface area contributed by atoms with Crippen LogP contribution in [0, 0.1) is 51.4 Å². The van der Waals surface area contributed by atoms with Gasteiger partial charge in [0, 0.05) is 105 Å². The number of aliphatic imine (C=N–C) groups is 1. The quantitative estimate of drug-likeness (QED) is 0.00698. The maximum absolute atomic E-state index is 13.8. The SMILES string of the molecule is CNCc1csc(C)n1.COC(=O)[C@@H](N=C=O)C(C)C.COC(=O)[C@@H](NC(=O)N(C)Cc1csc(C)n1)C(C)C.Cc1nc(CN(C)C(=O)N[C@H](C(=O)N[C@H](CC[C@H](Cc2ccccc2)NC(=O)OCc2cncs2)Cc2ccccc2)C(C)C)cs1.Cc1nc(CN(C)C(=O)N[C@H](C(=O)O)C(C)C)cs1.I.II.I[I-]I. The molecule has 0 saturated heterocycles. The molecule has 0 aliphatic heterocycles. The van der Waals surface area contributed by atoms with Gasteiger partial charge in [-0.05, 0) is 95.2 Å². The van der Waals surface area contributed by atoms with Gasteiger partial charge in [-0.2, -0.15) is 4.99 Å². The fourth-order valence-electron chi connectivity index (χ4n) is 9.71. The summed E-state index contributed by atoms with van der Waals surface area (Å²) in [6, 6.07) is 15.4. The van der Waals surface area contributed by atoms with E-state index in [9.17, 15) is 43.2 Å². The number of isocyanates is 1. The van der Waals surface area contributed by atoms with E-state index in [0.717, 1.165) is 65.4 Å². The molecular weight excluding hydrogens is 2220 g/mol. The van der Waals surface area contributed by atoms with Gasteiger partial charge in [-0.1, -0.05) is 116 Å². The van der Waals surface area contributed by atoms with Crippen molar-refractivity contribution in [3.63, 3.8) is 0 Å². The number of rotatable bonds is 31. The molecule has 2 aromatic carbocycles. The van der Waals surface area contributed by atoms with Gasteiger partial charge in [0.15, 0.2) is 6.04 Å². The number of alkyl carbamates (subject to hydrolysis) is 1. The summed E-state index contributed by atoms with van der Waals surface area (Å²) in [5, 5.41) is 38.2. The molecule has 0 radical (unpaired) electrons. The average Bonchev–Trinajstić information content (AvgIpc) is 1.31. The second-order valence-corrected chi connectivity index (χ2v) is 47.4. The zero-order valence-corrected chi connectivity index (χ0v) is 83.3. The molecule has 5 aromatic heterocycles. The van der Waals surface area contributed by atoms with Gasteiger partial charge in [-0.15, -0.1) is 80.7 Å². The van der Waals surface area contributed by atoms with E-state index in [4.69, 9.17) is 14.6 Å². The minimum absolute atomic E-state index is 0. The topological polar surface area (TPSA) is 360 Å². The Hall–Kier alpha value is -4.73. The molecule has 0 unspecified atom stereocenters. The third-order valence-electron chi connectivity index (χ3n) is 15.4. The average molecular weight is 2320 g/mol.